The third-order valence-electron chi connectivity index (χ3n) is 3.90. The molecule has 5 heteroatoms. The van der Waals surface area contributed by atoms with Crippen LogP contribution < -0.4 is 0 Å². The average Bonchev–Trinajstić information content (AvgIpc) is 3.16. The van der Waals surface area contributed by atoms with Gasteiger partial charge in [0.05, 0.1) is 5.92 Å². The Morgan fingerprint density at radius 2 is 2.24 bits per heavy atom. The van der Waals surface area contributed by atoms with Crippen molar-refractivity contribution in [2.24, 2.45) is 0 Å². The number of benzene rings is 1. The zero-order valence-electron chi connectivity index (χ0n) is 11.3. The lowest BCUT2D eigenvalue weighted by atomic mass is 9.88. The zero-order chi connectivity index (χ0) is 14.2. The highest BCUT2D eigenvalue weighted by atomic mass is 32.1. The molecule has 21 heavy (non-hydrogen) atoms. The minimum Gasteiger partial charge on any atom is -0.508 e. The molecule has 4 rings (SSSR count). The molecule has 1 aromatic carbocycles. The van der Waals surface area contributed by atoms with Crippen LogP contribution in [0.5, 0.6) is 5.75 Å². The molecule has 106 valence electrons. The lowest BCUT2D eigenvalue weighted by molar-refractivity contribution is 0.355. The maximum Gasteiger partial charge on any atom is 0.234 e. The largest absolute Gasteiger partial charge is 0.508 e. The molecule has 0 saturated heterocycles. The summed E-state index contributed by atoms with van der Waals surface area (Å²) >= 11 is 1.81. The summed E-state index contributed by atoms with van der Waals surface area (Å²) in [4.78, 5) is 5.97. The van der Waals surface area contributed by atoms with Crippen LogP contribution in [0.3, 0.4) is 0 Å². The van der Waals surface area contributed by atoms with Gasteiger partial charge in [-0.25, -0.2) is 0 Å². The van der Waals surface area contributed by atoms with E-state index in [-0.39, 0.29) is 11.7 Å². The van der Waals surface area contributed by atoms with Gasteiger partial charge >= 0.3 is 0 Å². The molecule has 0 amide bonds. The van der Waals surface area contributed by atoms with Crippen LogP contribution in [0.1, 0.15) is 35.1 Å². The fourth-order valence-corrected chi connectivity index (χ4v) is 3.87. The number of hydrogen-bond acceptors (Lipinski definition) is 5. The molecule has 4 nitrogen and oxygen atoms in total. The first-order valence-corrected chi connectivity index (χ1v) is 7.88. The van der Waals surface area contributed by atoms with E-state index < -0.39 is 0 Å². The number of thiophene rings is 1. The van der Waals surface area contributed by atoms with Crippen LogP contribution in [-0.2, 0) is 6.42 Å². The van der Waals surface area contributed by atoms with Gasteiger partial charge in [-0.3, -0.25) is 0 Å². The van der Waals surface area contributed by atoms with Crippen LogP contribution in [0.25, 0.3) is 11.4 Å². The van der Waals surface area contributed by atoms with E-state index in [2.05, 4.69) is 21.6 Å². The fraction of sp³-hybridized carbons (Fsp3) is 0.250. The lowest BCUT2D eigenvalue weighted by Crippen LogP contribution is -2.08. The van der Waals surface area contributed by atoms with E-state index in [9.17, 15) is 5.11 Å². The highest BCUT2D eigenvalue weighted by Gasteiger charge is 2.27. The summed E-state index contributed by atoms with van der Waals surface area (Å²) in [5.41, 5.74) is 2.10. The molecule has 0 saturated carbocycles. The summed E-state index contributed by atoms with van der Waals surface area (Å²) in [5.74, 6) is 1.62. The average molecular weight is 298 g/mol. The van der Waals surface area contributed by atoms with Gasteiger partial charge in [-0.1, -0.05) is 17.3 Å². The summed E-state index contributed by atoms with van der Waals surface area (Å²) < 4.78 is 5.49. The van der Waals surface area contributed by atoms with Crippen molar-refractivity contribution < 1.29 is 9.63 Å². The number of aryl methyl sites for hydroxylation is 1. The molecule has 1 N–H and O–H groups in total. The van der Waals surface area contributed by atoms with Crippen molar-refractivity contribution in [2.75, 3.05) is 0 Å². The van der Waals surface area contributed by atoms with Gasteiger partial charge in [0, 0.05) is 10.4 Å². The Bertz CT molecular complexity index is 778. The van der Waals surface area contributed by atoms with Crippen LogP contribution in [0.4, 0.5) is 0 Å². The van der Waals surface area contributed by atoms with Gasteiger partial charge in [0.25, 0.3) is 0 Å². The molecule has 0 fully saturated rings. The van der Waals surface area contributed by atoms with E-state index in [1.54, 1.807) is 29.5 Å². The molecular formula is C16H14N2O2S. The number of nitrogens with zero attached hydrogens (tertiary/aromatic N) is 2. The second kappa shape index (κ2) is 5.00. The van der Waals surface area contributed by atoms with Gasteiger partial charge in [-0.2, -0.15) is 4.98 Å². The molecule has 0 aliphatic heterocycles. The number of aromatic nitrogens is 2. The molecule has 2 aromatic heterocycles. The topological polar surface area (TPSA) is 59.2 Å². The van der Waals surface area contributed by atoms with Crippen molar-refractivity contribution in [1.29, 1.82) is 0 Å². The minimum absolute atomic E-state index is 0.205. The highest BCUT2D eigenvalue weighted by molar-refractivity contribution is 7.10. The molecule has 1 aliphatic carbocycles. The zero-order valence-corrected chi connectivity index (χ0v) is 12.1. The van der Waals surface area contributed by atoms with Gasteiger partial charge in [0.15, 0.2) is 0 Å². The predicted octanol–water partition coefficient (Wildman–Crippen LogP) is 3.97. The number of phenols is 1. The summed E-state index contributed by atoms with van der Waals surface area (Å²) in [6.07, 6.45) is 3.35. The third-order valence-corrected chi connectivity index (χ3v) is 4.89. The van der Waals surface area contributed by atoms with Crippen LogP contribution in [0, 0.1) is 0 Å². The van der Waals surface area contributed by atoms with Gasteiger partial charge in [-0.05, 0) is 48.4 Å². The van der Waals surface area contributed by atoms with Crippen LogP contribution in [0.2, 0.25) is 0 Å². The Morgan fingerprint density at radius 1 is 1.29 bits per heavy atom. The van der Waals surface area contributed by atoms with Crippen molar-refractivity contribution in [3.8, 4) is 17.1 Å². The number of phenolic OH excluding ortho intramolecular Hbond substituents is 1. The number of rotatable bonds is 2. The Balaban J connectivity index is 1.70. The number of aromatic hydroxyl groups is 1. The maximum atomic E-state index is 9.55. The van der Waals surface area contributed by atoms with E-state index >= 15 is 0 Å². The van der Waals surface area contributed by atoms with E-state index in [1.807, 2.05) is 6.07 Å². The quantitative estimate of drug-likeness (QED) is 0.777. The Kier molecular flexibility index (Phi) is 3.00. The molecule has 1 unspecified atom stereocenters. The molecule has 1 aliphatic rings. The number of fused-ring (bicyclic) bond motifs is 1. The van der Waals surface area contributed by atoms with E-state index in [1.165, 1.54) is 10.4 Å². The Hall–Kier alpha value is -2.14. The third kappa shape index (κ3) is 2.23. The summed E-state index contributed by atoms with van der Waals surface area (Å²) in [6.45, 7) is 0. The van der Waals surface area contributed by atoms with E-state index in [0.717, 1.165) is 24.8 Å². The lowest BCUT2D eigenvalue weighted by Gasteiger charge is -2.18. The van der Waals surface area contributed by atoms with Gasteiger partial charge < -0.3 is 9.63 Å². The Morgan fingerprint density at radius 3 is 3.14 bits per heavy atom. The molecule has 3 aromatic rings. The summed E-state index contributed by atoms with van der Waals surface area (Å²) in [7, 11) is 0. The van der Waals surface area contributed by atoms with Crippen molar-refractivity contribution >= 4 is 11.3 Å². The van der Waals surface area contributed by atoms with E-state index in [4.69, 9.17) is 4.52 Å². The van der Waals surface area contributed by atoms with Crippen LogP contribution in [-0.4, -0.2) is 15.2 Å². The first-order valence-electron chi connectivity index (χ1n) is 7.00. The van der Waals surface area contributed by atoms with Crippen molar-refractivity contribution in [2.45, 2.75) is 25.2 Å². The van der Waals surface area contributed by atoms with Crippen molar-refractivity contribution in [3.63, 3.8) is 0 Å². The molecule has 0 radical (unpaired) electrons. The Labute approximate surface area is 126 Å². The SMILES string of the molecule is Oc1cccc(-c2noc(C3CCCc4sccc43)n2)c1. The molecule has 0 bridgehead atoms. The minimum atomic E-state index is 0.205. The normalized spacial score (nSPS) is 17.6. The smallest absolute Gasteiger partial charge is 0.234 e. The van der Waals surface area contributed by atoms with E-state index in [0.29, 0.717) is 11.7 Å². The summed E-state index contributed by atoms with van der Waals surface area (Å²) in [6, 6.07) is 9.08. The van der Waals surface area contributed by atoms with Gasteiger partial charge in [-0.15, -0.1) is 11.3 Å². The van der Waals surface area contributed by atoms with Crippen molar-refractivity contribution in [1.82, 2.24) is 10.1 Å². The van der Waals surface area contributed by atoms with Crippen molar-refractivity contribution in [3.05, 3.63) is 52.0 Å². The standard InChI is InChI=1S/C16H14N2O2S/c19-11-4-1-3-10(9-11)15-17-16(20-18-15)13-5-2-6-14-12(13)7-8-21-14/h1,3-4,7-9,13,19H,2,5-6H2. The second-order valence-electron chi connectivity index (χ2n) is 5.25. The highest BCUT2D eigenvalue weighted by Crippen LogP contribution is 2.39. The maximum absolute atomic E-state index is 9.55. The molecule has 0 spiro atoms. The van der Waals surface area contributed by atoms with Crippen LogP contribution >= 0.6 is 11.3 Å². The van der Waals surface area contributed by atoms with Crippen LogP contribution in [0.15, 0.2) is 40.2 Å². The second-order valence-corrected chi connectivity index (χ2v) is 6.25. The fourth-order valence-electron chi connectivity index (χ4n) is 2.88. The molecular weight excluding hydrogens is 284 g/mol. The monoisotopic (exact) mass is 298 g/mol. The van der Waals surface area contributed by atoms with Gasteiger partial charge in [0.2, 0.25) is 11.7 Å². The number of hydrogen-bond donors (Lipinski definition) is 1. The first kappa shape index (κ1) is 12.6. The first-order chi connectivity index (χ1) is 10.3. The summed E-state index contributed by atoms with van der Waals surface area (Å²) in [5, 5.41) is 15.7. The van der Waals surface area contributed by atoms with Gasteiger partial charge in [0.1, 0.15) is 5.75 Å². The molecule has 1 atom stereocenters. The predicted molar refractivity (Wildman–Crippen MR) is 80.5 cm³/mol. The molecule has 2 heterocycles.